The van der Waals surface area contributed by atoms with E-state index in [1.54, 1.807) is 11.3 Å². The summed E-state index contributed by atoms with van der Waals surface area (Å²) in [4.78, 5) is 1.36. The van der Waals surface area contributed by atoms with Gasteiger partial charge in [0, 0.05) is 46.3 Å². The van der Waals surface area contributed by atoms with Crippen LogP contribution in [-0.4, -0.2) is 4.57 Å². The summed E-state index contributed by atoms with van der Waals surface area (Å²) in [7, 11) is 2.12. The molecule has 92 valence electrons. The average Bonchev–Trinajstić information content (AvgIpc) is 2.80. The number of aryl methyl sites for hydroxylation is 1. The number of nitrogens with zero attached hydrogens (tertiary/aromatic N) is 1. The Kier molecular flexibility index (Phi) is 4.07. The lowest BCUT2D eigenvalue weighted by Crippen LogP contribution is -2.12. The summed E-state index contributed by atoms with van der Waals surface area (Å²) < 4.78 is 3.41. The molecule has 17 heavy (non-hydrogen) atoms. The molecule has 0 bridgehead atoms. The third-order valence-corrected chi connectivity index (χ3v) is 4.81. The Morgan fingerprint density at radius 1 is 1.29 bits per heavy atom. The molecule has 1 N–H and O–H groups in total. The van der Waals surface area contributed by atoms with Gasteiger partial charge in [0.1, 0.15) is 0 Å². The summed E-state index contributed by atoms with van der Waals surface area (Å²) in [6.07, 6.45) is 0. The van der Waals surface area contributed by atoms with Crippen LogP contribution in [0.25, 0.3) is 0 Å². The van der Waals surface area contributed by atoms with Gasteiger partial charge in [-0.25, -0.2) is 0 Å². The molecule has 0 saturated heterocycles. The molecule has 0 spiro atoms. The quantitative estimate of drug-likeness (QED) is 0.909. The standard InChI is InChI=1S/C13H17BrN2S/c1-9-4-11(10(2)16(9)3)6-15-7-13-5-12(14)8-17-13/h4-5,8,15H,6-7H2,1-3H3. The number of rotatable bonds is 4. The van der Waals surface area contributed by atoms with Crippen LogP contribution in [0.1, 0.15) is 21.8 Å². The Hall–Kier alpha value is -0.580. The highest BCUT2D eigenvalue weighted by atomic mass is 79.9. The van der Waals surface area contributed by atoms with Crippen LogP contribution in [0.4, 0.5) is 0 Å². The maximum absolute atomic E-state index is 3.49. The molecule has 0 fully saturated rings. The summed E-state index contributed by atoms with van der Waals surface area (Å²) in [5.41, 5.74) is 4.06. The van der Waals surface area contributed by atoms with Crippen molar-refractivity contribution >= 4 is 27.3 Å². The normalized spacial score (nSPS) is 11.1. The van der Waals surface area contributed by atoms with Gasteiger partial charge in [0.05, 0.1) is 0 Å². The van der Waals surface area contributed by atoms with Crippen LogP contribution in [0.2, 0.25) is 0 Å². The molecule has 0 aliphatic carbocycles. The van der Waals surface area contributed by atoms with E-state index in [1.807, 2.05) is 0 Å². The van der Waals surface area contributed by atoms with Gasteiger partial charge in [0.25, 0.3) is 0 Å². The average molecular weight is 313 g/mol. The molecule has 2 heterocycles. The van der Waals surface area contributed by atoms with Crippen molar-refractivity contribution in [2.45, 2.75) is 26.9 Å². The van der Waals surface area contributed by atoms with Gasteiger partial charge in [-0.15, -0.1) is 11.3 Å². The van der Waals surface area contributed by atoms with Gasteiger partial charge in [0.2, 0.25) is 0 Å². The zero-order chi connectivity index (χ0) is 12.4. The van der Waals surface area contributed by atoms with Gasteiger partial charge in [-0.05, 0) is 47.5 Å². The first kappa shape index (κ1) is 12.9. The number of aromatic nitrogens is 1. The van der Waals surface area contributed by atoms with Gasteiger partial charge >= 0.3 is 0 Å². The van der Waals surface area contributed by atoms with Gasteiger partial charge in [-0.2, -0.15) is 0 Å². The number of halogens is 1. The van der Waals surface area contributed by atoms with Crippen molar-refractivity contribution in [3.05, 3.63) is 43.8 Å². The fourth-order valence-electron chi connectivity index (χ4n) is 1.88. The van der Waals surface area contributed by atoms with E-state index in [9.17, 15) is 0 Å². The second-order valence-corrected chi connectivity index (χ2v) is 6.20. The molecule has 2 aromatic heterocycles. The highest BCUT2D eigenvalue weighted by molar-refractivity contribution is 9.10. The van der Waals surface area contributed by atoms with Crippen LogP contribution in [-0.2, 0) is 20.1 Å². The topological polar surface area (TPSA) is 17.0 Å². The van der Waals surface area contributed by atoms with Crippen LogP contribution in [0.5, 0.6) is 0 Å². The maximum atomic E-state index is 3.49. The maximum Gasteiger partial charge on any atom is 0.0303 e. The molecule has 0 aliphatic rings. The van der Waals surface area contributed by atoms with Crippen molar-refractivity contribution in [3.8, 4) is 0 Å². The van der Waals surface area contributed by atoms with E-state index >= 15 is 0 Å². The molecule has 4 heteroatoms. The lowest BCUT2D eigenvalue weighted by atomic mass is 10.2. The fraction of sp³-hybridized carbons (Fsp3) is 0.385. The van der Waals surface area contributed by atoms with Crippen molar-refractivity contribution in [2.24, 2.45) is 7.05 Å². The van der Waals surface area contributed by atoms with E-state index in [0.29, 0.717) is 0 Å². The molecule has 0 aliphatic heterocycles. The molecule has 0 saturated carbocycles. The van der Waals surface area contributed by atoms with Crippen molar-refractivity contribution in [1.29, 1.82) is 0 Å². The summed E-state index contributed by atoms with van der Waals surface area (Å²) >= 11 is 5.26. The zero-order valence-corrected chi connectivity index (χ0v) is 12.8. The molecule has 2 rings (SSSR count). The number of thiophene rings is 1. The van der Waals surface area contributed by atoms with E-state index in [2.05, 4.69) is 64.2 Å². The largest absolute Gasteiger partial charge is 0.352 e. The Labute approximate surface area is 115 Å². The number of nitrogens with one attached hydrogen (secondary N) is 1. The summed E-state index contributed by atoms with van der Waals surface area (Å²) in [5.74, 6) is 0. The van der Waals surface area contributed by atoms with Gasteiger partial charge < -0.3 is 9.88 Å². The molecule has 0 radical (unpaired) electrons. The van der Waals surface area contributed by atoms with E-state index in [1.165, 1.54) is 26.3 Å². The van der Waals surface area contributed by atoms with Gasteiger partial charge in [0.15, 0.2) is 0 Å². The molecule has 0 unspecified atom stereocenters. The summed E-state index contributed by atoms with van der Waals surface area (Å²) in [5, 5.41) is 5.61. The minimum absolute atomic E-state index is 0.934. The first-order chi connectivity index (χ1) is 8.08. The summed E-state index contributed by atoms with van der Waals surface area (Å²) in [6.45, 7) is 6.19. The molecule has 0 aromatic carbocycles. The number of hydrogen-bond acceptors (Lipinski definition) is 2. The van der Waals surface area contributed by atoms with Crippen molar-refractivity contribution < 1.29 is 0 Å². The second kappa shape index (κ2) is 5.38. The lowest BCUT2D eigenvalue weighted by Gasteiger charge is -2.04. The van der Waals surface area contributed by atoms with E-state index in [0.717, 1.165) is 13.1 Å². The predicted molar refractivity (Wildman–Crippen MR) is 77.4 cm³/mol. The molecule has 0 atom stereocenters. The predicted octanol–water partition coefficient (Wildman–Crippen LogP) is 3.76. The van der Waals surface area contributed by atoms with Gasteiger partial charge in [-0.3, -0.25) is 0 Å². The smallest absolute Gasteiger partial charge is 0.0303 e. The highest BCUT2D eigenvalue weighted by Crippen LogP contribution is 2.19. The number of hydrogen-bond donors (Lipinski definition) is 1. The monoisotopic (exact) mass is 312 g/mol. The summed E-state index contributed by atoms with van der Waals surface area (Å²) in [6, 6.07) is 4.42. The van der Waals surface area contributed by atoms with E-state index in [4.69, 9.17) is 0 Å². The Morgan fingerprint density at radius 2 is 2.06 bits per heavy atom. The van der Waals surface area contributed by atoms with Crippen LogP contribution >= 0.6 is 27.3 Å². The molecule has 2 aromatic rings. The fourth-order valence-corrected chi connectivity index (χ4v) is 3.30. The molecule has 0 amide bonds. The first-order valence-corrected chi connectivity index (χ1v) is 7.30. The zero-order valence-electron chi connectivity index (χ0n) is 10.4. The Bertz CT molecular complexity index is 513. The minimum Gasteiger partial charge on any atom is -0.352 e. The van der Waals surface area contributed by atoms with Gasteiger partial charge in [-0.1, -0.05) is 0 Å². The molecular formula is C13H17BrN2S. The van der Waals surface area contributed by atoms with Crippen molar-refractivity contribution in [2.75, 3.05) is 0 Å². The van der Waals surface area contributed by atoms with Crippen LogP contribution in [0.15, 0.2) is 22.0 Å². The minimum atomic E-state index is 0.934. The van der Waals surface area contributed by atoms with Crippen LogP contribution in [0, 0.1) is 13.8 Å². The third kappa shape index (κ3) is 3.00. The third-order valence-electron chi connectivity index (χ3n) is 3.12. The lowest BCUT2D eigenvalue weighted by molar-refractivity contribution is 0.694. The Morgan fingerprint density at radius 3 is 2.59 bits per heavy atom. The van der Waals surface area contributed by atoms with E-state index < -0.39 is 0 Å². The SMILES string of the molecule is Cc1cc(CNCc2cc(Br)cs2)c(C)n1C. The highest BCUT2D eigenvalue weighted by Gasteiger charge is 2.05. The Balaban J connectivity index is 1.92. The van der Waals surface area contributed by atoms with Crippen LogP contribution < -0.4 is 5.32 Å². The first-order valence-electron chi connectivity index (χ1n) is 5.63. The molecular weight excluding hydrogens is 296 g/mol. The molecule has 2 nitrogen and oxygen atoms in total. The van der Waals surface area contributed by atoms with Crippen LogP contribution in [0.3, 0.4) is 0 Å². The van der Waals surface area contributed by atoms with E-state index in [-0.39, 0.29) is 0 Å². The van der Waals surface area contributed by atoms with Crippen molar-refractivity contribution in [1.82, 2.24) is 9.88 Å². The second-order valence-electron chi connectivity index (χ2n) is 4.29. The van der Waals surface area contributed by atoms with Crippen molar-refractivity contribution in [3.63, 3.8) is 0 Å².